The minimum Gasteiger partial charge on any atom is -0.328 e. The van der Waals surface area contributed by atoms with Gasteiger partial charge in [-0.2, -0.15) is 0 Å². The number of hydrogen-bond acceptors (Lipinski definition) is 2. The summed E-state index contributed by atoms with van der Waals surface area (Å²) < 4.78 is 0. The molecule has 0 atom stereocenters. The molecule has 1 saturated heterocycles. The molecule has 0 bridgehead atoms. The molecule has 1 N–H and O–H groups in total. The Labute approximate surface area is 94.2 Å². The van der Waals surface area contributed by atoms with Crippen molar-refractivity contribution < 1.29 is 9.59 Å². The molecule has 1 aromatic rings. The second-order valence-electron chi connectivity index (χ2n) is 4.09. The van der Waals surface area contributed by atoms with Crippen LogP contribution in [0, 0.1) is 20.8 Å². The third-order valence-corrected chi connectivity index (χ3v) is 3.01. The Hall–Kier alpha value is -1.84. The van der Waals surface area contributed by atoms with Crippen LogP contribution in [0.2, 0.25) is 0 Å². The van der Waals surface area contributed by atoms with E-state index in [0.29, 0.717) is 5.69 Å². The summed E-state index contributed by atoms with van der Waals surface area (Å²) in [6.45, 7) is 6.07. The second kappa shape index (κ2) is 3.63. The maximum atomic E-state index is 11.5. The molecule has 0 aliphatic carbocycles. The molecule has 1 aromatic carbocycles. The zero-order valence-electron chi connectivity index (χ0n) is 9.63. The van der Waals surface area contributed by atoms with Gasteiger partial charge in [0.1, 0.15) is 0 Å². The van der Waals surface area contributed by atoms with Gasteiger partial charge in [0.15, 0.2) is 0 Å². The zero-order valence-corrected chi connectivity index (χ0v) is 9.63. The summed E-state index contributed by atoms with van der Waals surface area (Å²) in [5.74, 6) is -0.201. The molecule has 4 nitrogen and oxygen atoms in total. The molecule has 2 rings (SSSR count). The number of amides is 3. The highest BCUT2D eigenvalue weighted by molar-refractivity contribution is 6.19. The van der Waals surface area contributed by atoms with Crippen LogP contribution in [-0.4, -0.2) is 18.5 Å². The van der Waals surface area contributed by atoms with E-state index in [1.807, 2.05) is 32.9 Å². The first kappa shape index (κ1) is 10.7. The Morgan fingerprint density at radius 3 is 2.12 bits per heavy atom. The Morgan fingerprint density at radius 1 is 1.12 bits per heavy atom. The van der Waals surface area contributed by atoms with Crippen LogP contribution in [-0.2, 0) is 4.79 Å². The second-order valence-corrected chi connectivity index (χ2v) is 4.09. The first-order valence-electron chi connectivity index (χ1n) is 5.19. The number of nitrogens with one attached hydrogen (secondary N) is 1. The quantitative estimate of drug-likeness (QED) is 0.729. The highest BCUT2D eigenvalue weighted by Gasteiger charge is 2.30. The van der Waals surface area contributed by atoms with Gasteiger partial charge >= 0.3 is 6.03 Å². The van der Waals surface area contributed by atoms with Crippen molar-refractivity contribution in [1.29, 1.82) is 0 Å². The summed E-state index contributed by atoms with van der Waals surface area (Å²) in [7, 11) is 0. The lowest BCUT2D eigenvalue weighted by molar-refractivity contribution is -0.115. The van der Waals surface area contributed by atoms with E-state index in [1.54, 1.807) is 0 Å². The SMILES string of the molecule is Cc1cc(N2C(=O)CNC2=O)cc(C)c1C. The molecule has 0 unspecified atom stereocenters. The fourth-order valence-electron chi connectivity index (χ4n) is 1.83. The highest BCUT2D eigenvalue weighted by Crippen LogP contribution is 2.23. The highest BCUT2D eigenvalue weighted by atomic mass is 16.2. The molecule has 0 radical (unpaired) electrons. The molecule has 1 heterocycles. The van der Waals surface area contributed by atoms with Crippen molar-refractivity contribution in [2.75, 3.05) is 11.4 Å². The molecule has 0 aromatic heterocycles. The van der Waals surface area contributed by atoms with Crippen molar-refractivity contribution in [1.82, 2.24) is 5.32 Å². The smallest absolute Gasteiger partial charge is 0.328 e. The monoisotopic (exact) mass is 218 g/mol. The average Bonchev–Trinajstić information content (AvgIpc) is 2.54. The molecule has 0 saturated carbocycles. The number of anilines is 1. The van der Waals surface area contributed by atoms with Gasteiger partial charge in [-0.15, -0.1) is 0 Å². The number of imide groups is 1. The van der Waals surface area contributed by atoms with Gasteiger partial charge in [0.2, 0.25) is 0 Å². The van der Waals surface area contributed by atoms with Crippen molar-refractivity contribution >= 4 is 17.6 Å². The van der Waals surface area contributed by atoms with Crippen LogP contribution >= 0.6 is 0 Å². The molecule has 3 amide bonds. The summed E-state index contributed by atoms with van der Waals surface area (Å²) >= 11 is 0. The van der Waals surface area contributed by atoms with Crippen LogP contribution in [0.3, 0.4) is 0 Å². The number of carbonyl (C=O) groups excluding carboxylic acids is 2. The van der Waals surface area contributed by atoms with E-state index < -0.39 is 0 Å². The zero-order chi connectivity index (χ0) is 11.9. The van der Waals surface area contributed by atoms with Gasteiger partial charge in [-0.1, -0.05) is 0 Å². The Morgan fingerprint density at radius 2 is 1.69 bits per heavy atom. The van der Waals surface area contributed by atoms with E-state index in [1.165, 1.54) is 10.5 Å². The van der Waals surface area contributed by atoms with Gasteiger partial charge in [-0.25, -0.2) is 9.69 Å². The predicted octanol–water partition coefficient (Wildman–Crippen LogP) is 1.67. The van der Waals surface area contributed by atoms with E-state index >= 15 is 0 Å². The lowest BCUT2D eigenvalue weighted by Gasteiger charge is -2.15. The number of rotatable bonds is 1. The lowest BCUT2D eigenvalue weighted by atomic mass is 10.0. The van der Waals surface area contributed by atoms with Crippen LogP contribution in [0.1, 0.15) is 16.7 Å². The third-order valence-electron chi connectivity index (χ3n) is 3.01. The van der Waals surface area contributed by atoms with Crippen LogP contribution in [0.25, 0.3) is 0 Å². The van der Waals surface area contributed by atoms with E-state index in [2.05, 4.69) is 5.32 Å². The fraction of sp³-hybridized carbons (Fsp3) is 0.333. The number of nitrogens with zero attached hydrogens (tertiary/aromatic N) is 1. The Balaban J connectivity index is 2.48. The predicted molar refractivity (Wildman–Crippen MR) is 61.5 cm³/mol. The van der Waals surface area contributed by atoms with Gasteiger partial charge in [-0.05, 0) is 49.6 Å². The van der Waals surface area contributed by atoms with Crippen molar-refractivity contribution in [3.05, 3.63) is 28.8 Å². The Bertz CT molecular complexity index is 441. The van der Waals surface area contributed by atoms with Crippen molar-refractivity contribution in [2.24, 2.45) is 0 Å². The fourth-order valence-corrected chi connectivity index (χ4v) is 1.83. The normalized spacial score (nSPS) is 15.6. The molecule has 1 fully saturated rings. The molecule has 4 heteroatoms. The summed E-state index contributed by atoms with van der Waals surface area (Å²) in [5.41, 5.74) is 4.02. The molecule has 1 aliphatic rings. The molecule has 1 aliphatic heterocycles. The number of aryl methyl sites for hydroxylation is 2. The number of hydrogen-bond donors (Lipinski definition) is 1. The molecule has 16 heavy (non-hydrogen) atoms. The van der Waals surface area contributed by atoms with Crippen molar-refractivity contribution in [2.45, 2.75) is 20.8 Å². The summed E-state index contributed by atoms with van der Waals surface area (Å²) in [6.07, 6.45) is 0. The summed E-state index contributed by atoms with van der Waals surface area (Å²) in [4.78, 5) is 24.2. The van der Waals surface area contributed by atoms with Crippen molar-refractivity contribution in [3.8, 4) is 0 Å². The first-order chi connectivity index (χ1) is 7.50. The maximum Gasteiger partial charge on any atom is 0.329 e. The molecular weight excluding hydrogens is 204 g/mol. The number of urea groups is 1. The Kier molecular flexibility index (Phi) is 2.42. The largest absolute Gasteiger partial charge is 0.329 e. The van der Waals surface area contributed by atoms with Gasteiger partial charge in [-0.3, -0.25) is 4.79 Å². The van der Waals surface area contributed by atoms with Gasteiger partial charge in [0, 0.05) is 0 Å². The van der Waals surface area contributed by atoms with Gasteiger partial charge in [0.25, 0.3) is 5.91 Å². The van der Waals surface area contributed by atoms with Crippen LogP contribution < -0.4 is 10.2 Å². The van der Waals surface area contributed by atoms with Gasteiger partial charge < -0.3 is 5.32 Å². The summed E-state index contributed by atoms with van der Waals surface area (Å²) in [6, 6.07) is 3.39. The molecular formula is C12H14N2O2. The van der Waals surface area contributed by atoms with E-state index in [9.17, 15) is 9.59 Å². The average molecular weight is 218 g/mol. The van der Waals surface area contributed by atoms with E-state index in [-0.39, 0.29) is 18.5 Å². The van der Waals surface area contributed by atoms with Crippen LogP contribution in [0.4, 0.5) is 10.5 Å². The van der Waals surface area contributed by atoms with Crippen LogP contribution in [0.15, 0.2) is 12.1 Å². The third kappa shape index (κ3) is 1.56. The first-order valence-corrected chi connectivity index (χ1v) is 5.19. The number of benzene rings is 1. The van der Waals surface area contributed by atoms with Gasteiger partial charge in [0.05, 0.1) is 12.2 Å². The molecule has 84 valence electrons. The molecule has 0 spiro atoms. The summed E-state index contributed by atoms with van der Waals surface area (Å²) in [5, 5.41) is 2.51. The minimum atomic E-state index is -0.340. The number of carbonyl (C=O) groups is 2. The van der Waals surface area contributed by atoms with Crippen molar-refractivity contribution in [3.63, 3.8) is 0 Å². The minimum absolute atomic E-state index is 0.0881. The van der Waals surface area contributed by atoms with Crippen LogP contribution in [0.5, 0.6) is 0 Å². The van der Waals surface area contributed by atoms with E-state index in [0.717, 1.165) is 11.1 Å². The lowest BCUT2D eigenvalue weighted by Crippen LogP contribution is -2.30. The standard InChI is InChI=1S/C12H14N2O2/c1-7-4-10(5-8(2)9(7)3)14-11(15)6-13-12(14)16/h4-5H,6H2,1-3H3,(H,13,16). The maximum absolute atomic E-state index is 11.5. The van der Waals surface area contributed by atoms with E-state index in [4.69, 9.17) is 0 Å². The topological polar surface area (TPSA) is 49.4 Å².